The van der Waals surface area contributed by atoms with Crippen molar-refractivity contribution in [2.45, 2.75) is 32.4 Å². The molecular weight excluding hydrogens is 259 g/mol. The van der Waals surface area contributed by atoms with Crippen molar-refractivity contribution >= 4 is 29.1 Å². The lowest BCUT2D eigenvalue weighted by atomic mass is 10.1. The first-order valence-corrected chi connectivity index (χ1v) is 6.27. The fraction of sp³-hybridized carbons (Fsp3) is 0.417. The maximum atomic E-state index is 11.6. The number of hydrogen-bond acceptors (Lipinski definition) is 2. The lowest BCUT2D eigenvalue weighted by Crippen LogP contribution is -2.40. The largest absolute Gasteiger partial charge is 0.351 e. The highest BCUT2D eigenvalue weighted by molar-refractivity contribution is 6.35. The van der Waals surface area contributed by atoms with E-state index in [1.807, 2.05) is 6.92 Å². The Balaban J connectivity index is 2.53. The maximum Gasteiger partial charge on any atom is 0.237 e. The smallest absolute Gasteiger partial charge is 0.237 e. The van der Waals surface area contributed by atoms with Crippen molar-refractivity contribution in [1.29, 1.82) is 0 Å². The molecule has 0 saturated heterocycles. The SMILES string of the molecule is CCCC(N)C(=O)NCc1ccc(Cl)cc1Cl. The van der Waals surface area contributed by atoms with Crippen molar-refractivity contribution in [2.24, 2.45) is 5.73 Å². The van der Waals surface area contributed by atoms with E-state index in [1.54, 1.807) is 18.2 Å². The maximum absolute atomic E-state index is 11.6. The molecule has 0 aliphatic rings. The molecule has 1 atom stereocenters. The second-order valence-corrected chi connectivity index (χ2v) is 4.69. The molecule has 1 aromatic rings. The third-order valence-electron chi connectivity index (χ3n) is 2.40. The second kappa shape index (κ2) is 6.84. The third-order valence-corrected chi connectivity index (χ3v) is 2.99. The van der Waals surface area contributed by atoms with Gasteiger partial charge in [0.15, 0.2) is 0 Å². The van der Waals surface area contributed by atoms with E-state index in [-0.39, 0.29) is 5.91 Å². The summed E-state index contributed by atoms with van der Waals surface area (Å²) in [7, 11) is 0. The molecule has 0 aromatic heterocycles. The van der Waals surface area contributed by atoms with Gasteiger partial charge in [0.25, 0.3) is 0 Å². The van der Waals surface area contributed by atoms with Crippen molar-refractivity contribution in [3.05, 3.63) is 33.8 Å². The number of benzene rings is 1. The van der Waals surface area contributed by atoms with Crippen LogP contribution in [0.4, 0.5) is 0 Å². The summed E-state index contributed by atoms with van der Waals surface area (Å²) < 4.78 is 0. The highest BCUT2D eigenvalue weighted by atomic mass is 35.5. The quantitative estimate of drug-likeness (QED) is 0.868. The van der Waals surface area contributed by atoms with Gasteiger partial charge in [0.2, 0.25) is 5.91 Å². The van der Waals surface area contributed by atoms with Crippen LogP contribution in [0.15, 0.2) is 18.2 Å². The van der Waals surface area contributed by atoms with Gasteiger partial charge in [-0.25, -0.2) is 0 Å². The van der Waals surface area contributed by atoms with Crippen LogP contribution < -0.4 is 11.1 Å². The summed E-state index contributed by atoms with van der Waals surface area (Å²) >= 11 is 11.8. The normalized spacial score (nSPS) is 12.2. The zero-order valence-electron chi connectivity index (χ0n) is 9.67. The fourth-order valence-electron chi connectivity index (χ4n) is 1.42. The van der Waals surface area contributed by atoms with Gasteiger partial charge >= 0.3 is 0 Å². The average Bonchev–Trinajstić information content (AvgIpc) is 2.27. The number of hydrogen-bond donors (Lipinski definition) is 2. The van der Waals surface area contributed by atoms with Gasteiger partial charge in [-0.15, -0.1) is 0 Å². The first kappa shape index (κ1) is 14.3. The highest BCUT2D eigenvalue weighted by Crippen LogP contribution is 2.20. The van der Waals surface area contributed by atoms with Crippen LogP contribution in [0.5, 0.6) is 0 Å². The Labute approximate surface area is 111 Å². The molecule has 5 heteroatoms. The molecule has 0 spiro atoms. The molecule has 0 bridgehead atoms. The van der Waals surface area contributed by atoms with Gasteiger partial charge in [-0.3, -0.25) is 4.79 Å². The van der Waals surface area contributed by atoms with E-state index < -0.39 is 6.04 Å². The molecule has 1 amide bonds. The summed E-state index contributed by atoms with van der Waals surface area (Å²) in [4.78, 5) is 11.6. The highest BCUT2D eigenvalue weighted by Gasteiger charge is 2.12. The predicted octanol–water partition coefficient (Wildman–Crippen LogP) is 2.74. The molecule has 0 fully saturated rings. The number of nitrogens with two attached hydrogens (primary N) is 1. The van der Waals surface area contributed by atoms with E-state index >= 15 is 0 Å². The van der Waals surface area contributed by atoms with Crippen LogP contribution in [-0.2, 0) is 11.3 Å². The Kier molecular flexibility index (Phi) is 5.75. The van der Waals surface area contributed by atoms with Crippen LogP contribution in [0.1, 0.15) is 25.3 Å². The number of carbonyl (C=O) groups is 1. The molecule has 0 aliphatic carbocycles. The number of amides is 1. The molecule has 1 unspecified atom stereocenters. The molecule has 1 aromatic carbocycles. The summed E-state index contributed by atoms with van der Waals surface area (Å²) in [6, 6.07) is 4.72. The summed E-state index contributed by atoms with van der Waals surface area (Å²) in [5.41, 5.74) is 6.51. The minimum atomic E-state index is -0.453. The van der Waals surface area contributed by atoms with E-state index in [9.17, 15) is 4.79 Å². The van der Waals surface area contributed by atoms with Crippen molar-refractivity contribution in [1.82, 2.24) is 5.32 Å². The fourth-order valence-corrected chi connectivity index (χ4v) is 1.90. The van der Waals surface area contributed by atoms with Crippen molar-refractivity contribution < 1.29 is 4.79 Å². The topological polar surface area (TPSA) is 55.1 Å². The van der Waals surface area contributed by atoms with Gasteiger partial charge in [-0.1, -0.05) is 42.6 Å². The van der Waals surface area contributed by atoms with Gasteiger partial charge < -0.3 is 11.1 Å². The summed E-state index contributed by atoms with van der Waals surface area (Å²) in [5, 5.41) is 3.87. The Morgan fingerprint density at radius 2 is 2.18 bits per heavy atom. The van der Waals surface area contributed by atoms with E-state index in [1.165, 1.54) is 0 Å². The Hall–Kier alpha value is -0.770. The lowest BCUT2D eigenvalue weighted by molar-refractivity contribution is -0.122. The molecule has 0 aliphatic heterocycles. The minimum Gasteiger partial charge on any atom is -0.351 e. The second-order valence-electron chi connectivity index (χ2n) is 3.85. The minimum absolute atomic E-state index is 0.155. The van der Waals surface area contributed by atoms with E-state index in [0.717, 1.165) is 12.0 Å². The van der Waals surface area contributed by atoms with Gasteiger partial charge in [-0.2, -0.15) is 0 Å². The van der Waals surface area contributed by atoms with Crippen LogP contribution in [0.25, 0.3) is 0 Å². The molecular formula is C12H16Cl2N2O. The van der Waals surface area contributed by atoms with Crippen LogP contribution in [0.2, 0.25) is 10.0 Å². The molecule has 0 radical (unpaired) electrons. The first-order valence-electron chi connectivity index (χ1n) is 5.51. The monoisotopic (exact) mass is 274 g/mol. The Bertz CT molecular complexity index is 396. The summed E-state index contributed by atoms with van der Waals surface area (Å²) in [5.74, 6) is -0.155. The van der Waals surface area contributed by atoms with Gasteiger partial charge in [0.1, 0.15) is 0 Å². The molecule has 0 heterocycles. The van der Waals surface area contributed by atoms with E-state index in [2.05, 4.69) is 5.32 Å². The average molecular weight is 275 g/mol. The van der Waals surface area contributed by atoms with Crippen molar-refractivity contribution in [2.75, 3.05) is 0 Å². The van der Waals surface area contributed by atoms with E-state index in [0.29, 0.717) is 23.0 Å². The van der Waals surface area contributed by atoms with Gasteiger partial charge in [-0.05, 0) is 24.1 Å². The molecule has 3 nitrogen and oxygen atoms in total. The van der Waals surface area contributed by atoms with Crippen LogP contribution in [0, 0.1) is 0 Å². The molecule has 0 saturated carbocycles. The van der Waals surface area contributed by atoms with Crippen LogP contribution >= 0.6 is 23.2 Å². The molecule has 17 heavy (non-hydrogen) atoms. The molecule has 1 rings (SSSR count). The van der Waals surface area contributed by atoms with Crippen molar-refractivity contribution in [3.63, 3.8) is 0 Å². The van der Waals surface area contributed by atoms with Crippen LogP contribution in [0.3, 0.4) is 0 Å². The first-order chi connectivity index (χ1) is 8.04. The Morgan fingerprint density at radius 3 is 2.76 bits per heavy atom. The standard InChI is InChI=1S/C12H16Cl2N2O/c1-2-3-11(15)12(17)16-7-8-4-5-9(13)6-10(8)14/h4-6,11H,2-3,7,15H2,1H3,(H,16,17). The lowest BCUT2D eigenvalue weighted by Gasteiger charge is -2.12. The van der Waals surface area contributed by atoms with Gasteiger partial charge in [0, 0.05) is 16.6 Å². The Morgan fingerprint density at radius 1 is 1.47 bits per heavy atom. The molecule has 94 valence electrons. The number of nitrogens with one attached hydrogen (secondary N) is 1. The number of carbonyl (C=O) groups excluding carboxylic acids is 1. The number of rotatable bonds is 5. The van der Waals surface area contributed by atoms with Crippen LogP contribution in [-0.4, -0.2) is 11.9 Å². The van der Waals surface area contributed by atoms with Crippen molar-refractivity contribution in [3.8, 4) is 0 Å². The number of halogens is 2. The zero-order chi connectivity index (χ0) is 12.8. The van der Waals surface area contributed by atoms with E-state index in [4.69, 9.17) is 28.9 Å². The zero-order valence-corrected chi connectivity index (χ0v) is 11.2. The summed E-state index contributed by atoms with van der Waals surface area (Å²) in [6.07, 6.45) is 1.57. The predicted molar refractivity (Wildman–Crippen MR) is 71.2 cm³/mol. The summed E-state index contributed by atoms with van der Waals surface area (Å²) in [6.45, 7) is 2.36. The third kappa shape index (κ3) is 4.54. The van der Waals surface area contributed by atoms with Gasteiger partial charge in [0.05, 0.1) is 6.04 Å². The molecule has 3 N–H and O–H groups in total.